The van der Waals surface area contributed by atoms with E-state index in [9.17, 15) is 9.59 Å². The zero-order chi connectivity index (χ0) is 20.1. The van der Waals surface area contributed by atoms with Crippen LogP contribution in [0.3, 0.4) is 0 Å². The summed E-state index contributed by atoms with van der Waals surface area (Å²) in [6.45, 7) is 3.55. The van der Waals surface area contributed by atoms with E-state index in [0.717, 1.165) is 15.7 Å². The standard InChI is InChI=1S/C20H19BrN4O3/c1-13-11-22-25(12-13)17-8-6-15(7-9-17)20(27)24-23-19(26)14(2)28-18-5-3-4-16(21)10-18/h3-12,14H,1-2H3,(H,23,26)(H,24,27). The van der Waals surface area contributed by atoms with Gasteiger partial charge in [-0.05, 0) is 61.9 Å². The molecule has 2 N–H and O–H groups in total. The number of amides is 2. The minimum Gasteiger partial charge on any atom is -0.481 e. The number of benzene rings is 2. The molecule has 3 aromatic rings. The van der Waals surface area contributed by atoms with Crippen LogP contribution in [0, 0.1) is 6.92 Å². The maximum atomic E-state index is 12.2. The largest absolute Gasteiger partial charge is 0.481 e. The summed E-state index contributed by atoms with van der Waals surface area (Å²) in [6.07, 6.45) is 2.87. The minimum absolute atomic E-state index is 0.411. The molecule has 2 amide bonds. The average Bonchev–Trinajstić information content (AvgIpc) is 3.12. The van der Waals surface area contributed by atoms with Crippen molar-refractivity contribution in [3.8, 4) is 11.4 Å². The highest BCUT2D eigenvalue weighted by atomic mass is 79.9. The van der Waals surface area contributed by atoms with Gasteiger partial charge in [0, 0.05) is 16.2 Å². The van der Waals surface area contributed by atoms with Gasteiger partial charge in [0.2, 0.25) is 0 Å². The van der Waals surface area contributed by atoms with Crippen LogP contribution in [-0.2, 0) is 4.79 Å². The third-order valence-corrected chi connectivity index (χ3v) is 4.38. The molecular weight excluding hydrogens is 424 g/mol. The first-order valence-corrected chi connectivity index (χ1v) is 9.36. The molecule has 1 unspecified atom stereocenters. The van der Waals surface area contributed by atoms with Crippen LogP contribution in [0.4, 0.5) is 0 Å². The summed E-state index contributed by atoms with van der Waals surface area (Å²) in [6, 6.07) is 14.0. The Labute approximate surface area is 170 Å². The average molecular weight is 443 g/mol. The van der Waals surface area contributed by atoms with Gasteiger partial charge in [0.05, 0.1) is 11.9 Å². The molecule has 144 valence electrons. The Morgan fingerprint density at radius 3 is 2.54 bits per heavy atom. The Hall–Kier alpha value is -3.13. The number of nitrogens with one attached hydrogen (secondary N) is 2. The maximum absolute atomic E-state index is 12.2. The van der Waals surface area contributed by atoms with Crippen LogP contribution in [0.2, 0.25) is 0 Å². The summed E-state index contributed by atoms with van der Waals surface area (Å²) >= 11 is 3.34. The maximum Gasteiger partial charge on any atom is 0.279 e. The first-order chi connectivity index (χ1) is 13.4. The van der Waals surface area contributed by atoms with Crippen molar-refractivity contribution in [3.05, 3.63) is 76.5 Å². The Kier molecular flexibility index (Phi) is 6.10. The molecule has 2 aromatic carbocycles. The molecule has 28 heavy (non-hydrogen) atoms. The van der Waals surface area contributed by atoms with Gasteiger partial charge in [0.1, 0.15) is 5.75 Å². The first kappa shape index (κ1) is 19.6. The minimum atomic E-state index is -0.778. The number of nitrogens with zero attached hydrogens (tertiary/aromatic N) is 2. The predicted molar refractivity (Wildman–Crippen MR) is 108 cm³/mol. The fourth-order valence-corrected chi connectivity index (χ4v) is 2.79. The zero-order valence-electron chi connectivity index (χ0n) is 15.3. The lowest BCUT2D eigenvalue weighted by atomic mass is 10.2. The number of aryl methyl sites for hydroxylation is 1. The normalized spacial score (nSPS) is 11.5. The fraction of sp³-hybridized carbons (Fsp3) is 0.150. The summed E-state index contributed by atoms with van der Waals surface area (Å²) in [4.78, 5) is 24.4. The van der Waals surface area contributed by atoms with Gasteiger partial charge in [-0.1, -0.05) is 22.0 Å². The number of halogens is 1. The van der Waals surface area contributed by atoms with Crippen molar-refractivity contribution >= 4 is 27.7 Å². The van der Waals surface area contributed by atoms with E-state index in [2.05, 4.69) is 31.9 Å². The molecule has 0 spiro atoms. The molecule has 0 fully saturated rings. The number of carbonyl (C=O) groups excluding carboxylic acids is 2. The van der Waals surface area contributed by atoms with Gasteiger partial charge in [0.25, 0.3) is 11.8 Å². The second-order valence-electron chi connectivity index (χ2n) is 6.17. The lowest BCUT2D eigenvalue weighted by Crippen LogP contribution is -2.47. The number of hydrazine groups is 1. The zero-order valence-corrected chi connectivity index (χ0v) is 16.9. The van der Waals surface area contributed by atoms with E-state index in [0.29, 0.717) is 11.3 Å². The lowest BCUT2D eigenvalue weighted by Gasteiger charge is -2.15. The van der Waals surface area contributed by atoms with Crippen LogP contribution in [0.5, 0.6) is 5.75 Å². The highest BCUT2D eigenvalue weighted by molar-refractivity contribution is 9.10. The molecule has 0 saturated heterocycles. The van der Waals surface area contributed by atoms with Gasteiger partial charge < -0.3 is 4.74 Å². The van der Waals surface area contributed by atoms with E-state index in [1.807, 2.05) is 19.2 Å². The van der Waals surface area contributed by atoms with Gasteiger partial charge in [-0.2, -0.15) is 5.10 Å². The molecule has 0 bridgehead atoms. The van der Waals surface area contributed by atoms with Crippen molar-refractivity contribution in [1.82, 2.24) is 20.6 Å². The molecule has 3 rings (SSSR count). The van der Waals surface area contributed by atoms with E-state index < -0.39 is 17.9 Å². The predicted octanol–water partition coefficient (Wildman–Crippen LogP) is 3.17. The third kappa shape index (κ3) is 4.98. The molecule has 1 heterocycles. The summed E-state index contributed by atoms with van der Waals surface area (Å²) in [5.41, 5.74) is 7.06. The summed E-state index contributed by atoms with van der Waals surface area (Å²) in [5.74, 6) is -0.337. The topological polar surface area (TPSA) is 85.3 Å². The molecule has 0 aliphatic carbocycles. The van der Waals surface area contributed by atoms with Crippen LogP contribution in [0.25, 0.3) is 5.69 Å². The van der Waals surface area contributed by atoms with Gasteiger partial charge in [-0.15, -0.1) is 0 Å². The molecular formula is C20H19BrN4O3. The number of hydrogen-bond acceptors (Lipinski definition) is 4. The van der Waals surface area contributed by atoms with Crippen LogP contribution in [-0.4, -0.2) is 27.7 Å². The molecule has 8 heteroatoms. The van der Waals surface area contributed by atoms with Crippen molar-refractivity contribution in [2.45, 2.75) is 20.0 Å². The van der Waals surface area contributed by atoms with E-state index in [1.54, 1.807) is 60.3 Å². The van der Waals surface area contributed by atoms with Crippen molar-refractivity contribution in [1.29, 1.82) is 0 Å². The SMILES string of the molecule is Cc1cnn(-c2ccc(C(=O)NNC(=O)C(C)Oc3cccc(Br)c3)cc2)c1. The second-order valence-corrected chi connectivity index (χ2v) is 7.09. The van der Waals surface area contributed by atoms with Crippen molar-refractivity contribution in [2.75, 3.05) is 0 Å². The van der Waals surface area contributed by atoms with Crippen molar-refractivity contribution in [3.63, 3.8) is 0 Å². The van der Waals surface area contributed by atoms with E-state index in [1.165, 1.54) is 0 Å². The highest BCUT2D eigenvalue weighted by Gasteiger charge is 2.16. The number of hydrogen-bond donors (Lipinski definition) is 2. The summed E-state index contributed by atoms with van der Waals surface area (Å²) in [7, 11) is 0. The molecule has 0 aliphatic rings. The Morgan fingerprint density at radius 1 is 1.14 bits per heavy atom. The summed E-state index contributed by atoms with van der Waals surface area (Å²) < 4.78 is 8.13. The molecule has 0 radical (unpaired) electrons. The third-order valence-electron chi connectivity index (χ3n) is 3.88. The number of rotatable bonds is 5. The van der Waals surface area contributed by atoms with Gasteiger partial charge >= 0.3 is 0 Å². The number of ether oxygens (including phenoxy) is 1. The monoisotopic (exact) mass is 442 g/mol. The number of carbonyl (C=O) groups is 2. The summed E-state index contributed by atoms with van der Waals surface area (Å²) in [5, 5.41) is 4.22. The highest BCUT2D eigenvalue weighted by Crippen LogP contribution is 2.18. The molecule has 0 aliphatic heterocycles. The van der Waals surface area contributed by atoms with Gasteiger partial charge in [-0.3, -0.25) is 20.4 Å². The number of aromatic nitrogens is 2. The van der Waals surface area contributed by atoms with Crippen LogP contribution in [0.1, 0.15) is 22.8 Å². The lowest BCUT2D eigenvalue weighted by molar-refractivity contribution is -0.128. The molecule has 0 saturated carbocycles. The fourth-order valence-electron chi connectivity index (χ4n) is 2.41. The van der Waals surface area contributed by atoms with E-state index in [-0.39, 0.29) is 0 Å². The van der Waals surface area contributed by atoms with Crippen LogP contribution in [0.15, 0.2) is 65.4 Å². The smallest absolute Gasteiger partial charge is 0.279 e. The van der Waals surface area contributed by atoms with E-state index >= 15 is 0 Å². The van der Waals surface area contributed by atoms with Gasteiger partial charge in [0.15, 0.2) is 6.10 Å². The Morgan fingerprint density at radius 2 is 1.89 bits per heavy atom. The second kappa shape index (κ2) is 8.71. The van der Waals surface area contributed by atoms with Crippen LogP contribution >= 0.6 is 15.9 Å². The molecule has 1 atom stereocenters. The Balaban J connectivity index is 1.53. The quantitative estimate of drug-likeness (QED) is 0.594. The van der Waals surface area contributed by atoms with E-state index in [4.69, 9.17) is 4.74 Å². The molecule has 7 nitrogen and oxygen atoms in total. The van der Waals surface area contributed by atoms with Crippen molar-refractivity contribution in [2.24, 2.45) is 0 Å². The van der Waals surface area contributed by atoms with Crippen molar-refractivity contribution < 1.29 is 14.3 Å². The van der Waals surface area contributed by atoms with Gasteiger partial charge in [-0.25, -0.2) is 4.68 Å². The Bertz CT molecular complexity index is 985. The first-order valence-electron chi connectivity index (χ1n) is 8.56. The van der Waals surface area contributed by atoms with Crippen LogP contribution < -0.4 is 15.6 Å². The molecule has 1 aromatic heterocycles.